The van der Waals surface area contributed by atoms with Crippen LogP contribution in [0.4, 0.5) is 11.4 Å². The van der Waals surface area contributed by atoms with Crippen LogP contribution in [0, 0.1) is 13.8 Å². The van der Waals surface area contributed by atoms with Gasteiger partial charge in [0.2, 0.25) is 11.8 Å². The summed E-state index contributed by atoms with van der Waals surface area (Å²) in [6, 6.07) is 20.8. The van der Waals surface area contributed by atoms with E-state index >= 15 is 0 Å². The van der Waals surface area contributed by atoms with Gasteiger partial charge in [-0.05, 0) is 65.9 Å². The number of aliphatic carboxylic acids is 2. The van der Waals surface area contributed by atoms with Gasteiger partial charge >= 0.3 is 11.9 Å². The Morgan fingerprint density at radius 2 is 1.00 bits per heavy atom. The van der Waals surface area contributed by atoms with Gasteiger partial charge in [-0.25, -0.2) is 9.59 Å². The number of amides is 2. The van der Waals surface area contributed by atoms with E-state index in [-0.39, 0.29) is 5.92 Å². The second-order valence-corrected chi connectivity index (χ2v) is 8.34. The Bertz CT molecular complexity index is 1290. The van der Waals surface area contributed by atoms with Gasteiger partial charge in [0.25, 0.3) is 0 Å². The normalized spacial score (nSPS) is 11.1. The highest BCUT2D eigenvalue weighted by Crippen LogP contribution is 2.34. The number of hydrogen-bond donors (Lipinski definition) is 4. The zero-order chi connectivity index (χ0) is 26.9. The van der Waals surface area contributed by atoms with Gasteiger partial charge in [0.05, 0.1) is 0 Å². The molecule has 8 heteroatoms. The van der Waals surface area contributed by atoms with Gasteiger partial charge < -0.3 is 20.8 Å². The van der Waals surface area contributed by atoms with Crippen molar-refractivity contribution >= 4 is 35.1 Å². The second kappa shape index (κ2) is 12.1. The molecule has 2 amide bonds. The second-order valence-electron chi connectivity index (χ2n) is 8.34. The fourth-order valence-electron chi connectivity index (χ4n) is 3.70. The van der Waals surface area contributed by atoms with E-state index in [0.29, 0.717) is 11.4 Å². The summed E-state index contributed by atoms with van der Waals surface area (Å²) in [5.74, 6) is -3.64. The van der Waals surface area contributed by atoms with E-state index in [1.165, 1.54) is 5.56 Å². The number of hydrogen-bond acceptors (Lipinski definition) is 4. The molecule has 0 saturated carbocycles. The Morgan fingerprint density at radius 3 is 1.38 bits per heavy atom. The van der Waals surface area contributed by atoms with Crippen molar-refractivity contribution in [2.75, 3.05) is 10.6 Å². The fourth-order valence-corrected chi connectivity index (χ4v) is 3.70. The number of carboxylic acid groups (broad SMARTS) is 2. The SMILES string of the molecule is Cc1ccc(C(c2ccc(NC(=O)/C=C/C(=O)O)cc2)c2ccc(NC(=O)/C=C/C(=O)O)cc2)cc1C. The summed E-state index contributed by atoms with van der Waals surface area (Å²) in [4.78, 5) is 45.0. The van der Waals surface area contributed by atoms with Crippen molar-refractivity contribution < 1.29 is 29.4 Å². The summed E-state index contributed by atoms with van der Waals surface area (Å²) in [5.41, 5.74) is 6.34. The molecule has 8 nitrogen and oxygen atoms in total. The van der Waals surface area contributed by atoms with Crippen molar-refractivity contribution in [3.63, 3.8) is 0 Å². The molecular weight excluding hydrogens is 472 g/mol. The third-order valence-corrected chi connectivity index (χ3v) is 5.64. The van der Waals surface area contributed by atoms with Crippen LogP contribution >= 0.6 is 0 Å². The topological polar surface area (TPSA) is 133 Å². The van der Waals surface area contributed by atoms with Crippen molar-refractivity contribution in [2.45, 2.75) is 19.8 Å². The van der Waals surface area contributed by atoms with E-state index in [2.05, 4.69) is 28.8 Å². The van der Waals surface area contributed by atoms with E-state index in [1.807, 2.05) is 38.1 Å². The van der Waals surface area contributed by atoms with Gasteiger partial charge in [0.15, 0.2) is 0 Å². The molecule has 37 heavy (non-hydrogen) atoms. The lowest BCUT2D eigenvalue weighted by Gasteiger charge is -2.21. The molecule has 0 radical (unpaired) electrons. The maximum Gasteiger partial charge on any atom is 0.328 e. The van der Waals surface area contributed by atoms with E-state index in [0.717, 1.165) is 46.6 Å². The van der Waals surface area contributed by atoms with E-state index in [4.69, 9.17) is 10.2 Å². The van der Waals surface area contributed by atoms with Gasteiger partial charge in [-0.3, -0.25) is 9.59 Å². The smallest absolute Gasteiger partial charge is 0.328 e. The largest absolute Gasteiger partial charge is 0.478 e. The molecule has 0 heterocycles. The summed E-state index contributed by atoms with van der Waals surface area (Å²) in [7, 11) is 0. The van der Waals surface area contributed by atoms with Crippen LogP contribution in [0.3, 0.4) is 0 Å². The lowest BCUT2D eigenvalue weighted by atomic mass is 9.84. The van der Waals surface area contributed by atoms with Crippen LogP contribution in [-0.4, -0.2) is 34.0 Å². The minimum atomic E-state index is -1.20. The lowest BCUT2D eigenvalue weighted by molar-refractivity contribution is -0.132. The van der Waals surface area contributed by atoms with Crippen molar-refractivity contribution in [1.82, 2.24) is 0 Å². The third-order valence-electron chi connectivity index (χ3n) is 5.64. The quantitative estimate of drug-likeness (QED) is 0.251. The summed E-state index contributed by atoms with van der Waals surface area (Å²) >= 11 is 0. The average Bonchev–Trinajstić information content (AvgIpc) is 2.86. The first-order valence-electron chi connectivity index (χ1n) is 11.3. The number of benzene rings is 3. The average molecular weight is 499 g/mol. The monoisotopic (exact) mass is 498 g/mol. The van der Waals surface area contributed by atoms with Crippen LogP contribution in [0.2, 0.25) is 0 Å². The zero-order valence-corrected chi connectivity index (χ0v) is 20.3. The number of nitrogens with one attached hydrogen (secondary N) is 2. The molecule has 188 valence electrons. The third kappa shape index (κ3) is 7.76. The minimum absolute atomic E-state index is 0.146. The summed E-state index contributed by atoms with van der Waals surface area (Å²) in [6.07, 6.45) is 3.44. The molecule has 0 unspecified atom stereocenters. The van der Waals surface area contributed by atoms with Crippen LogP contribution in [0.5, 0.6) is 0 Å². The Balaban J connectivity index is 1.90. The molecule has 0 aliphatic rings. The molecule has 0 saturated heterocycles. The van der Waals surface area contributed by atoms with Crippen molar-refractivity contribution in [1.29, 1.82) is 0 Å². The van der Waals surface area contributed by atoms with Gasteiger partial charge in [-0.15, -0.1) is 0 Å². The number of anilines is 2. The Morgan fingerprint density at radius 1 is 0.595 bits per heavy atom. The summed E-state index contributed by atoms with van der Waals surface area (Å²) in [5, 5.41) is 22.6. The number of rotatable bonds is 9. The lowest BCUT2D eigenvalue weighted by Crippen LogP contribution is -2.10. The molecule has 3 rings (SSSR count). The predicted octanol–water partition coefficient (Wildman–Crippen LogP) is 4.64. The molecule has 0 aliphatic heterocycles. The fraction of sp³-hybridized carbons (Fsp3) is 0.103. The highest BCUT2D eigenvalue weighted by atomic mass is 16.4. The highest BCUT2D eigenvalue weighted by Gasteiger charge is 2.18. The number of carbonyl (C=O) groups excluding carboxylic acids is 2. The molecule has 3 aromatic carbocycles. The van der Waals surface area contributed by atoms with E-state index < -0.39 is 23.8 Å². The van der Waals surface area contributed by atoms with Crippen LogP contribution in [0.25, 0.3) is 0 Å². The Kier molecular flexibility index (Phi) is 8.72. The first-order valence-corrected chi connectivity index (χ1v) is 11.3. The molecule has 3 aromatic rings. The molecular formula is C29H26N2O6. The molecule has 0 aromatic heterocycles. The van der Waals surface area contributed by atoms with Gasteiger partial charge in [-0.2, -0.15) is 0 Å². The van der Waals surface area contributed by atoms with E-state index in [1.54, 1.807) is 24.3 Å². The summed E-state index contributed by atoms with van der Waals surface area (Å²) in [6.45, 7) is 4.09. The highest BCUT2D eigenvalue weighted by molar-refractivity contribution is 6.03. The summed E-state index contributed by atoms with van der Waals surface area (Å²) < 4.78 is 0. The van der Waals surface area contributed by atoms with Crippen molar-refractivity contribution in [3.8, 4) is 0 Å². The van der Waals surface area contributed by atoms with Crippen molar-refractivity contribution in [2.24, 2.45) is 0 Å². The molecule has 0 bridgehead atoms. The van der Waals surface area contributed by atoms with Gasteiger partial charge in [0, 0.05) is 41.6 Å². The van der Waals surface area contributed by atoms with Gasteiger partial charge in [-0.1, -0.05) is 42.5 Å². The molecule has 4 N–H and O–H groups in total. The Labute approximate surface area is 214 Å². The van der Waals surface area contributed by atoms with Crippen LogP contribution in [0.15, 0.2) is 91.0 Å². The van der Waals surface area contributed by atoms with E-state index in [9.17, 15) is 19.2 Å². The standard InChI is InChI=1S/C29H26N2O6/c1-18-3-4-22(17-19(18)2)29(20-5-9-23(10-6-20)30-25(32)13-15-27(34)35)21-7-11-24(12-8-21)31-26(33)14-16-28(36)37/h3-17,29H,1-2H3,(H,30,32)(H,31,33)(H,34,35)(H,36,37)/b15-13+,16-14+. The maximum absolute atomic E-state index is 11.9. The maximum atomic E-state index is 11.9. The number of carboxylic acids is 2. The number of carbonyl (C=O) groups is 4. The Hall–Kier alpha value is -4.98. The minimum Gasteiger partial charge on any atom is -0.478 e. The van der Waals surface area contributed by atoms with Gasteiger partial charge in [0.1, 0.15) is 0 Å². The van der Waals surface area contributed by atoms with Crippen LogP contribution in [0.1, 0.15) is 33.7 Å². The first kappa shape index (κ1) is 26.6. The molecule has 0 fully saturated rings. The molecule has 0 spiro atoms. The molecule has 0 atom stereocenters. The van der Waals surface area contributed by atoms with Crippen LogP contribution < -0.4 is 10.6 Å². The number of aryl methyl sites for hydroxylation is 2. The van der Waals surface area contributed by atoms with Crippen molar-refractivity contribution in [3.05, 3.63) is 119 Å². The zero-order valence-electron chi connectivity index (χ0n) is 20.3. The molecule has 0 aliphatic carbocycles. The first-order chi connectivity index (χ1) is 17.6. The van der Waals surface area contributed by atoms with Crippen LogP contribution in [-0.2, 0) is 19.2 Å². The predicted molar refractivity (Wildman–Crippen MR) is 141 cm³/mol.